The van der Waals surface area contributed by atoms with Crippen molar-refractivity contribution in [3.63, 3.8) is 0 Å². The maximum atomic E-state index is 12.8. The second-order valence-electron chi connectivity index (χ2n) is 10.4. The summed E-state index contributed by atoms with van der Waals surface area (Å²) in [5, 5.41) is 3.68. The Hall–Kier alpha value is -3.34. The summed E-state index contributed by atoms with van der Waals surface area (Å²) in [6.07, 6.45) is 7.07. The third kappa shape index (κ3) is 6.04. The standard InChI is InChI=1S/C29H34ClN7O2S/c1-5-19-16-24(22-14-15-27(32-18(22)2)36-40(38,39)26-9-7-6-8-23(26)30)34-25-17-31-29(35-28(19)25)33-20-10-12-21(13-11-20)37(3)4/h6-9,14-17,20-21H,5,10-13H2,1-4H3,(H,32,36)(H,31,33,35). The van der Waals surface area contributed by atoms with Gasteiger partial charge in [0.05, 0.1) is 22.4 Å². The van der Waals surface area contributed by atoms with Crippen LogP contribution in [-0.4, -0.2) is 59.4 Å². The van der Waals surface area contributed by atoms with Crippen LogP contribution in [0.3, 0.4) is 0 Å². The zero-order chi connectivity index (χ0) is 28.4. The van der Waals surface area contributed by atoms with Crippen molar-refractivity contribution in [2.24, 2.45) is 0 Å². The van der Waals surface area contributed by atoms with Crippen molar-refractivity contribution in [1.29, 1.82) is 0 Å². The summed E-state index contributed by atoms with van der Waals surface area (Å²) >= 11 is 6.10. The number of nitrogens with zero attached hydrogens (tertiary/aromatic N) is 5. The average Bonchev–Trinajstić information content (AvgIpc) is 2.93. The summed E-state index contributed by atoms with van der Waals surface area (Å²) in [4.78, 5) is 21.1. The second-order valence-corrected chi connectivity index (χ2v) is 12.5. The summed E-state index contributed by atoms with van der Waals surface area (Å²) in [5.74, 6) is 0.842. The van der Waals surface area contributed by atoms with Crippen LogP contribution in [0.15, 0.2) is 53.6 Å². The smallest absolute Gasteiger partial charge is 0.264 e. The van der Waals surface area contributed by atoms with E-state index < -0.39 is 10.0 Å². The molecule has 0 atom stereocenters. The fourth-order valence-corrected chi connectivity index (χ4v) is 6.75. The van der Waals surface area contributed by atoms with Crippen molar-refractivity contribution < 1.29 is 8.42 Å². The number of nitrogens with one attached hydrogen (secondary N) is 2. The molecule has 11 heteroatoms. The van der Waals surface area contributed by atoms with E-state index in [9.17, 15) is 8.42 Å². The maximum absolute atomic E-state index is 12.8. The highest BCUT2D eigenvalue weighted by Gasteiger charge is 2.23. The van der Waals surface area contributed by atoms with Crippen LogP contribution in [0.2, 0.25) is 5.02 Å². The molecule has 9 nitrogen and oxygen atoms in total. The van der Waals surface area contributed by atoms with Crippen LogP contribution >= 0.6 is 11.6 Å². The predicted molar refractivity (Wildman–Crippen MR) is 160 cm³/mol. The predicted octanol–water partition coefficient (Wildman–Crippen LogP) is 5.70. The van der Waals surface area contributed by atoms with Gasteiger partial charge in [-0.1, -0.05) is 30.7 Å². The minimum Gasteiger partial charge on any atom is -0.351 e. The van der Waals surface area contributed by atoms with E-state index in [1.165, 1.54) is 12.1 Å². The average molecular weight is 580 g/mol. The van der Waals surface area contributed by atoms with E-state index in [-0.39, 0.29) is 15.7 Å². The number of benzene rings is 1. The first-order valence-electron chi connectivity index (χ1n) is 13.5. The van der Waals surface area contributed by atoms with Gasteiger partial charge < -0.3 is 10.2 Å². The molecular weight excluding hydrogens is 546 g/mol. The van der Waals surface area contributed by atoms with Crippen LogP contribution in [0.4, 0.5) is 11.8 Å². The number of aromatic nitrogens is 4. The van der Waals surface area contributed by atoms with Gasteiger partial charge in [-0.25, -0.2) is 28.4 Å². The minimum absolute atomic E-state index is 0.000848. The van der Waals surface area contributed by atoms with Crippen LogP contribution < -0.4 is 10.0 Å². The molecule has 0 amide bonds. The van der Waals surface area contributed by atoms with Gasteiger partial charge >= 0.3 is 0 Å². The van der Waals surface area contributed by atoms with Gasteiger partial charge in [-0.15, -0.1) is 0 Å². The Kier molecular flexibility index (Phi) is 8.21. The summed E-state index contributed by atoms with van der Waals surface area (Å²) in [7, 11) is 0.410. The molecule has 4 aromatic rings. The fraction of sp³-hybridized carbons (Fsp3) is 0.379. The molecule has 1 saturated carbocycles. The molecule has 0 spiro atoms. The number of pyridine rings is 2. The Morgan fingerprint density at radius 1 is 1.02 bits per heavy atom. The fourth-order valence-electron chi connectivity index (χ4n) is 5.23. The number of rotatable bonds is 8. The van der Waals surface area contributed by atoms with Gasteiger partial charge in [-0.2, -0.15) is 0 Å². The molecule has 0 radical (unpaired) electrons. The van der Waals surface area contributed by atoms with Crippen LogP contribution in [-0.2, 0) is 16.4 Å². The summed E-state index contributed by atoms with van der Waals surface area (Å²) in [6.45, 7) is 3.92. The SMILES string of the molecule is CCc1cc(-c2ccc(NS(=O)(=O)c3ccccc3Cl)nc2C)nc2cnc(NC3CCC(N(C)C)CC3)nc12. The highest BCUT2D eigenvalue weighted by molar-refractivity contribution is 7.92. The highest BCUT2D eigenvalue weighted by atomic mass is 35.5. The van der Waals surface area contributed by atoms with Gasteiger partial charge in [0.1, 0.15) is 16.2 Å². The van der Waals surface area contributed by atoms with Crippen LogP contribution in [0.1, 0.15) is 43.9 Å². The van der Waals surface area contributed by atoms with E-state index in [0.717, 1.165) is 54.4 Å². The Labute approximate surface area is 240 Å². The molecule has 1 aliphatic rings. The van der Waals surface area contributed by atoms with Gasteiger partial charge in [0, 0.05) is 23.3 Å². The van der Waals surface area contributed by atoms with E-state index in [0.29, 0.717) is 29.2 Å². The molecule has 40 heavy (non-hydrogen) atoms. The first-order valence-corrected chi connectivity index (χ1v) is 15.4. The molecule has 210 valence electrons. The molecule has 3 heterocycles. The molecule has 0 saturated heterocycles. The molecule has 0 aliphatic heterocycles. The van der Waals surface area contributed by atoms with Crippen molar-refractivity contribution in [3.8, 4) is 11.3 Å². The summed E-state index contributed by atoms with van der Waals surface area (Å²) < 4.78 is 28.2. The van der Waals surface area contributed by atoms with Crippen LogP contribution in [0.25, 0.3) is 22.3 Å². The minimum atomic E-state index is -3.88. The van der Waals surface area contributed by atoms with Gasteiger partial charge in [0.2, 0.25) is 5.95 Å². The normalized spacial score (nSPS) is 17.8. The highest BCUT2D eigenvalue weighted by Crippen LogP contribution is 2.29. The lowest BCUT2D eigenvalue weighted by Gasteiger charge is -2.32. The second kappa shape index (κ2) is 11.6. The van der Waals surface area contributed by atoms with E-state index in [2.05, 4.69) is 45.9 Å². The Morgan fingerprint density at radius 3 is 2.45 bits per heavy atom. The van der Waals surface area contributed by atoms with E-state index >= 15 is 0 Å². The number of halogens is 1. The van der Waals surface area contributed by atoms with Crippen molar-refractivity contribution in [2.45, 2.75) is 62.9 Å². The number of hydrogen-bond donors (Lipinski definition) is 2. The monoisotopic (exact) mass is 579 g/mol. The van der Waals surface area contributed by atoms with Gasteiger partial charge in [-0.05, 0) is 89.0 Å². The van der Waals surface area contributed by atoms with E-state index in [1.54, 1.807) is 24.4 Å². The molecule has 0 unspecified atom stereocenters. The largest absolute Gasteiger partial charge is 0.351 e. The van der Waals surface area contributed by atoms with Gasteiger partial charge in [0.25, 0.3) is 10.0 Å². The summed E-state index contributed by atoms with van der Waals surface area (Å²) in [6, 6.07) is 12.8. The number of hydrogen-bond acceptors (Lipinski definition) is 8. The number of aryl methyl sites for hydroxylation is 2. The topological polar surface area (TPSA) is 113 Å². The van der Waals surface area contributed by atoms with Crippen molar-refractivity contribution in [1.82, 2.24) is 24.8 Å². The lowest BCUT2D eigenvalue weighted by atomic mass is 9.91. The molecule has 3 aromatic heterocycles. The lowest BCUT2D eigenvalue weighted by Crippen LogP contribution is -2.36. The Bertz CT molecular complexity index is 1640. The van der Waals surface area contributed by atoms with Crippen molar-refractivity contribution >= 4 is 44.4 Å². The molecule has 1 aliphatic carbocycles. The van der Waals surface area contributed by atoms with Crippen molar-refractivity contribution in [3.05, 3.63) is 64.9 Å². The number of fused-ring (bicyclic) bond motifs is 1. The third-order valence-corrected chi connectivity index (χ3v) is 9.35. The maximum Gasteiger partial charge on any atom is 0.264 e. The van der Waals surface area contributed by atoms with Crippen LogP contribution in [0.5, 0.6) is 0 Å². The van der Waals surface area contributed by atoms with Gasteiger partial charge in [0.15, 0.2) is 0 Å². The molecule has 2 N–H and O–H groups in total. The third-order valence-electron chi connectivity index (χ3n) is 7.49. The molecular formula is C29H34ClN7O2S. The van der Waals surface area contributed by atoms with Crippen molar-refractivity contribution in [2.75, 3.05) is 24.1 Å². The number of anilines is 2. The molecule has 5 rings (SSSR count). The van der Waals surface area contributed by atoms with E-state index in [4.69, 9.17) is 21.6 Å². The van der Waals surface area contributed by atoms with Crippen LogP contribution in [0, 0.1) is 6.92 Å². The first-order chi connectivity index (χ1) is 19.1. The molecule has 1 aromatic carbocycles. The summed E-state index contributed by atoms with van der Waals surface area (Å²) in [5.41, 5.74) is 4.78. The first kappa shape index (κ1) is 28.2. The van der Waals surface area contributed by atoms with Gasteiger partial charge in [-0.3, -0.25) is 4.72 Å². The molecule has 0 bridgehead atoms. The lowest BCUT2D eigenvalue weighted by molar-refractivity contribution is 0.221. The molecule has 1 fully saturated rings. The quantitative estimate of drug-likeness (QED) is 0.273. The Balaban J connectivity index is 1.37. The Morgan fingerprint density at radius 2 is 1.77 bits per heavy atom. The zero-order valence-corrected chi connectivity index (χ0v) is 24.7. The number of sulfonamides is 1. The van der Waals surface area contributed by atoms with E-state index in [1.807, 2.05) is 19.1 Å². The zero-order valence-electron chi connectivity index (χ0n) is 23.1.